The Hall–Kier alpha value is -4.05. The summed E-state index contributed by atoms with van der Waals surface area (Å²) in [4.78, 5) is 24.5. The van der Waals surface area contributed by atoms with Crippen molar-refractivity contribution in [3.8, 4) is 5.82 Å². The number of fused-ring (bicyclic) bond motifs is 1. The Morgan fingerprint density at radius 1 is 1.06 bits per heavy atom. The van der Waals surface area contributed by atoms with Crippen LogP contribution < -0.4 is 16.0 Å². The molecule has 2 aromatic carbocycles. The maximum absolute atomic E-state index is 14.8. The minimum atomic E-state index is -0.667. The number of carbonyl (C=O) groups is 1. The van der Waals surface area contributed by atoms with Crippen LogP contribution in [0, 0.1) is 11.6 Å². The number of rotatable bonds is 5. The number of hydrogen-bond donors (Lipinski definition) is 2. The molecule has 0 bridgehead atoms. The summed E-state index contributed by atoms with van der Waals surface area (Å²) in [6.45, 7) is 3.13. The van der Waals surface area contributed by atoms with Crippen LogP contribution in [-0.4, -0.2) is 58.6 Å². The Balaban J connectivity index is 1.49. The number of hydrogen-bond acceptors (Lipinski definition) is 6. The molecule has 5 rings (SSSR count). The number of nitrogens with zero attached hydrogens (tertiary/aromatic N) is 5. The van der Waals surface area contributed by atoms with E-state index in [1.54, 1.807) is 36.4 Å². The van der Waals surface area contributed by atoms with Gasteiger partial charge in [0.05, 0.1) is 23.0 Å². The third-order valence-electron chi connectivity index (χ3n) is 5.98. The number of nitrogens with two attached hydrogens (primary N) is 1. The van der Waals surface area contributed by atoms with Gasteiger partial charge in [-0.25, -0.2) is 13.8 Å². The Labute approximate surface area is 194 Å². The molecule has 0 unspecified atom stereocenters. The average Bonchev–Trinajstić information content (AvgIpc) is 3.22. The molecule has 3 N–H and O–H groups in total. The van der Waals surface area contributed by atoms with Gasteiger partial charge in [-0.1, -0.05) is 18.2 Å². The zero-order valence-electron chi connectivity index (χ0n) is 18.5. The van der Waals surface area contributed by atoms with Crippen molar-refractivity contribution in [2.24, 2.45) is 5.73 Å². The molecule has 1 saturated heterocycles. The van der Waals surface area contributed by atoms with Gasteiger partial charge in [0.2, 0.25) is 5.95 Å². The number of piperazine rings is 1. The van der Waals surface area contributed by atoms with Gasteiger partial charge in [-0.15, -0.1) is 0 Å². The minimum Gasteiger partial charge on any atom is -0.367 e. The van der Waals surface area contributed by atoms with Crippen molar-refractivity contribution in [3.05, 3.63) is 72.1 Å². The van der Waals surface area contributed by atoms with Gasteiger partial charge in [0.25, 0.3) is 5.91 Å². The van der Waals surface area contributed by atoms with Crippen molar-refractivity contribution < 1.29 is 13.6 Å². The molecule has 10 heteroatoms. The van der Waals surface area contributed by atoms with Crippen molar-refractivity contribution in [2.45, 2.75) is 0 Å². The molecule has 0 radical (unpaired) electrons. The normalized spacial score (nSPS) is 14.5. The first kappa shape index (κ1) is 21.8. The second-order valence-corrected chi connectivity index (χ2v) is 8.24. The van der Waals surface area contributed by atoms with Gasteiger partial charge >= 0.3 is 0 Å². The molecule has 8 nitrogen and oxygen atoms in total. The number of carbonyl (C=O) groups excluding carboxylic acids is 1. The molecule has 1 aliphatic rings. The quantitative estimate of drug-likeness (QED) is 0.472. The van der Waals surface area contributed by atoms with E-state index >= 15 is 0 Å². The van der Waals surface area contributed by atoms with Crippen molar-refractivity contribution in [2.75, 3.05) is 43.4 Å². The number of aromatic nitrogens is 3. The van der Waals surface area contributed by atoms with Crippen molar-refractivity contribution in [1.29, 1.82) is 0 Å². The molecule has 4 aromatic rings. The van der Waals surface area contributed by atoms with E-state index in [0.717, 1.165) is 32.4 Å². The van der Waals surface area contributed by atoms with Gasteiger partial charge < -0.3 is 20.9 Å². The molecule has 3 heterocycles. The van der Waals surface area contributed by atoms with Crippen LogP contribution in [0.15, 0.2) is 54.9 Å². The van der Waals surface area contributed by atoms with Crippen LogP contribution in [0.4, 0.5) is 26.1 Å². The summed E-state index contributed by atoms with van der Waals surface area (Å²) in [5.41, 5.74) is 7.41. The molecule has 174 valence electrons. The monoisotopic (exact) mass is 463 g/mol. The van der Waals surface area contributed by atoms with Crippen LogP contribution in [0.1, 0.15) is 10.4 Å². The largest absolute Gasteiger partial charge is 0.367 e. The van der Waals surface area contributed by atoms with Gasteiger partial charge in [-0.2, -0.15) is 4.98 Å². The lowest BCUT2D eigenvalue weighted by Gasteiger charge is -2.34. The summed E-state index contributed by atoms with van der Waals surface area (Å²) in [5.74, 6) is -1.51. The van der Waals surface area contributed by atoms with Crippen LogP contribution in [0.3, 0.4) is 0 Å². The number of amides is 1. The fourth-order valence-electron chi connectivity index (χ4n) is 4.15. The number of para-hydroxylation sites is 1. The van der Waals surface area contributed by atoms with Gasteiger partial charge in [0.15, 0.2) is 11.6 Å². The lowest BCUT2D eigenvalue weighted by Crippen LogP contribution is -2.44. The molecule has 1 aliphatic heterocycles. The molecule has 0 spiro atoms. The first-order valence-corrected chi connectivity index (χ1v) is 10.8. The van der Waals surface area contributed by atoms with Gasteiger partial charge in [0, 0.05) is 43.4 Å². The highest BCUT2D eigenvalue weighted by molar-refractivity contribution is 6.06. The van der Waals surface area contributed by atoms with Crippen LogP contribution in [-0.2, 0) is 0 Å². The zero-order chi connectivity index (χ0) is 23.8. The number of primary amides is 1. The summed E-state index contributed by atoms with van der Waals surface area (Å²) in [5, 5.41) is 3.63. The summed E-state index contributed by atoms with van der Waals surface area (Å²) in [6.07, 6.45) is 2.51. The van der Waals surface area contributed by atoms with Gasteiger partial charge in [-0.3, -0.25) is 9.36 Å². The maximum atomic E-state index is 14.8. The Morgan fingerprint density at radius 3 is 2.59 bits per heavy atom. The van der Waals surface area contributed by atoms with E-state index < -0.39 is 11.7 Å². The topological polar surface area (TPSA) is 92.3 Å². The number of anilines is 3. The van der Waals surface area contributed by atoms with Gasteiger partial charge in [0.1, 0.15) is 5.82 Å². The van der Waals surface area contributed by atoms with E-state index in [1.165, 1.54) is 16.8 Å². The zero-order valence-corrected chi connectivity index (χ0v) is 18.5. The number of halogens is 2. The molecule has 0 aliphatic carbocycles. The second-order valence-electron chi connectivity index (χ2n) is 8.24. The minimum absolute atomic E-state index is 0.0393. The summed E-state index contributed by atoms with van der Waals surface area (Å²) in [7, 11) is 2.04. The first-order chi connectivity index (χ1) is 16.4. The van der Waals surface area contributed by atoms with Crippen LogP contribution >= 0.6 is 0 Å². The van der Waals surface area contributed by atoms with E-state index in [1.807, 2.05) is 11.9 Å². The molecule has 0 saturated carbocycles. The molecule has 2 aromatic heterocycles. The van der Waals surface area contributed by atoms with E-state index in [2.05, 4.69) is 20.2 Å². The Kier molecular flexibility index (Phi) is 5.58. The Bertz CT molecular complexity index is 1380. The summed E-state index contributed by atoms with van der Waals surface area (Å²) in [6, 6.07) is 11.7. The highest BCUT2D eigenvalue weighted by atomic mass is 19.1. The molecule has 0 atom stereocenters. The SMILES string of the molecule is CN1CCN(c2cc(Nc3ncc(F)c(-n4cc(C(N)=O)c5ccccc54)n3)ccc2F)CC1. The second kappa shape index (κ2) is 8.71. The fourth-order valence-corrected chi connectivity index (χ4v) is 4.15. The predicted octanol–water partition coefficient (Wildman–Crippen LogP) is 3.29. The summed E-state index contributed by atoms with van der Waals surface area (Å²) >= 11 is 0. The van der Waals surface area contributed by atoms with Crippen molar-refractivity contribution in [1.82, 2.24) is 19.4 Å². The van der Waals surface area contributed by atoms with Crippen LogP contribution in [0.2, 0.25) is 0 Å². The molecular formula is C24H23F2N7O. The van der Waals surface area contributed by atoms with Crippen LogP contribution in [0.5, 0.6) is 0 Å². The van der Waals surface area contributed by atoms with Crippen LogP contribution in [0.25, 0.3) is 16.7 Å². The number of likely N-dealkylation sites (N-methyl/N-ethyl adjacent to an activating group) is 1. The number of nitrogens with one attached hydrogen (secondary N) is 1. The standard InChI is InChI=1S/C24H23F2N7O/c1-31-8-10-32(11-9-31)21-12-15(6-7-18(21)25)29-24-28-13-19(26)23(30-24)33-14-17(22(27)34)16-4-2-3-5-20(16)33/h2-7,12-14H,8-11H2,1H3,(H2,27,34)(H,28,29,30). The third-order valence-corrected chi connectivity index (χ3v) is 5.98. The molecular weight excluding hydrogens is 440 g/mol. The van der Waals surface area contributed by atoms with E-state index in [-0.39, 0.29) is 23.1 Å². The lowest BCUT2D eigenvalue weighted by molar-refractivity contribution is 0.100. The van der Waals surface area contributed by atoms with E-state index in [9.17, 15) is 13.6 Å². The van der Waals surface area contributed by atoms with Crippen molar-refractivity contribution in [3.63, 3.8) is 0 Å². The highest BCUT2D eigenvalue weighted by Gasteiger charge is 2.19. The Morgan fingerprint density at radius 2 is 1.82 bits per heavy atom. The lowest BCUT2D eigenvalue weighted by atomic mass is 10.2. The molecule has 1 amide bonds. The molecule has 34 heavy (non-hydrogen) atoms. The average molecular weight is 463 g/mol. The smallest absolute Gasteiger partial charge is 0.250 e. The summed E-state index contributed by atoms with van der Waals surface area (Å²) < 4.78 is 30.8. The van der Waals surface area contributed by atoms with Crippen molar-refractivity contribution >= 4 is 34.1 Å². The maximum Gasteiger partial charge on any atom is 0.250 e. The predicted molar refractivity (Wildman–Crippen MR) is 127 cm³/mol. The first-order valence-electron chi connectivity index (χ1n) is 10.8. The molecule has 1 fully saturated rings. The highest BCUT2D eigenvalue weighted by Crippen LogP contribution is 2.28. The van der Waals surface area contributed by atoms with E-state index in [0.29, 0.717) is 22.3 Å². The number of benzene rings is 2. The van der Waals surface area contributed by atoms with Gasteiger partial charge in [-0.05, 0) is 31.3 Å². The van der Waals surface area contributed by atoms with E-state index in [4.69, 9.17) is 5.73 Å². The fraction of sp³-hybridized carbons (Fsp3) is 0.208. The third kappa shape index (κ3) is 4.03.